The number of rotatable bonds is 7. The molecule has 0 saturated heterocycles. The lowest BCUT2D eigenvalue weighted by Crippen LogP contribution is -2.45. The quantitative estimate of drug-likeness (QED) is 0.690. The molecule has 0 rings (SSSR count). The van der Waals surface area contributed by atoms with Crippen LogP contribution in [0.15, 0.2) is 0 Å². The minimum atomic E-state index is -0.355. The van der Waals surface area contributed by atoms with E-state index in [0.29, 0.717) is 0 Å². The summed E-state index contributed by atoms with van der Waals surface area (Å²) in [6, 6.07) is -0.149. The molecule has 0 saturated carbocycles. The standard InChI is InChI=1S/C9H20N2OS2/c1-7(6-14-3)11-9(12)8(10)4-5-13-2/h7-8H,4-6,10H2,1-3H3,(H,11,12)/t7?,8-/m0/s1. The molecule has 0 radical (unpaired) electrons. The van der Waals surface area contributed by atoms with Crippen molar-refractivity contribution < 1.29 is 4.79 Å². The topological polar surface area (TPSA) is 55.1 Å². The highest BCUT2D eigenvalue weighted by Crippen LogP contribution is 2.00. The first kappa shape index (κ1) is 14.1. The Bertz CT molecular complexity index is 167. The third kappa shape index (κ3) is 6.56. The fraction of sp³-hybridized carbons (Fsp3) is 0.889. The van der Waals surface area contributed by atoms with Gasteiger partial charge in [-0.25, -0.2) is 0 Å². The van der Waals surface area contributed by atoms with Crippen LogP contribution in [0.5, 0.6) is 0 Å². The molecular weight excluding hydrogens is 216 g/mol. The van der Waals surface area contributed by atoms with Crippen LogP contribution >= 0.6 is 23.5 Å². The molecule has 0 bridgehead atoms. The highest BCUT2D eigenvalue weighted by molar-refractivity contribution is 7.98. The number of nitrogens with two attached hydrogens (primary N) is 1. The van der Waals surface area contributed by atoms with E-state index in [4.69, 9.17) is 5.73 Å². The van der Waals surface area contributed by atoms with E-state index in [-0.39, 0.29) is 18.0 Å². The van der Waals surface area contributed by atoms with E-state index in [0.717, 1.165) is 17.9 Å². The second-order valence-electron chi connectivity index (χ2n) is 3.25. The fourth-order valence-corrected chi connectivity index (χ4v) is 2.09. The van der Waals surface area contributed by atoms with E-state index in [9.17, 15) is 4.79 Å². The molecule has 0 aliphatic rings. The number of carbonyl (C=O) groups excluding carboxylic acids is 1. The lowest BCUT2D eigenvalue weighted by molar-refractivity contribution is -0.122. The van der Waals surface area contributed by atoms with Crippen LogP contribution in [0.25, 0.3) is 0 Å². The average molecular weight is 236 g/mol. The van der Waals surface area contributed by atoms with Gasteiger partial charge in [0, 0.05) is 11.8 Å². The summed E-state index contributed by atoms with van der Waals surface area (Å²) in [5.41, 5.74) is 5.72. The van der Waals surface area contributed by atoms with Crippen molar-refractivity contribution in [3.8, 4) is 0 Å². The first-order valence-electron chi connectivity index (χ1n) is 4.65. The van der Waals surface area contributed by atoms with Crippen LogP contribution in [0.1, 0.15) is 13.3 Å². The number of nitrogens with one attached hydrogen (secondary N) is 1. The van der Waals surface area contributed by atoms with Gasteiger partial charge >= 0.3 is 0 Å². The summed E-state index contributed by atoms with van der Waals surface area (Å²) in [5.74, 6) is 1.84. The minimum Gasteiger partial charge on any atom is -0.351 e. The maximum atomic E-state index is 11.5. The average Bonchev–Trinajstić information content (AvgIpc) is 2.14. The van der Waals surface area contributed by atoms with Crippen molar-refractivity contribution in [3.05, 3.63) is 0 Å². The lowest BCUT2D eigenvalue weighted by Gasteiger charge is -2.16. The van der Waals surface area contributed by atoms with Crippen LogP contribution in [-0.4, -0.2) is 42.0 Å². The molecule has 84 valence electrons. The maximum absolute atomic E-state index is 11.5. The van der Waals surface area contributed by atoms with Crippen LogP contribution in [0.3, 0.4) is 0 Å². The number of hydrogen-bond acceptors (Lipinski definition) is 4. The molecule has 0 heterocycles. The van der Waals surface area contributed by atoms with E-state index in [1.54, 1.807) is 23.5 Å². The lowest BCUT2D eigenvalue weighted by atomic mass is 10.2. The minimum absolute atomic E-state index is 0.0272. The van der Waals surface area contributed by atoms with Crippen LogP contribution in [0.2, 0.25) is 0 Å². The summed E-state index contributed by atoms with van der Waals surface area (Å²) in [7, 11) is 0. The fourth-order valence-electron chi connectivity index (χ4n) is 1.02. The molecule has 1 unspecified atom stereocenters. The van der Waals surface area contributed by atoms with Crippen molar-refractivity contribution in [1.82, 2.24) is 5.32 Å². The van der Waals surface area contributed by atoms with Crippen molar-refractivity contribution in [3.63, 3.8) is 0 Å². The molecule has 2 atom stereocenters. The number of carbonyl (C=O) groups is 1. The van der Waals surface area contributed by atoms with Crippen molar-refractivity contribution in [1.29, 1.82) is 0 Å². The molecule has 0 aromatic heterocycles. The smallest absolute Gasteiger partial charge is 0.237 e. The summed E-state index contributed by atoms with van der Waals surface area (Å²) in [5, 5.41) is 2.90. The first-order chi connectivity index (χ1) is 6.61. The summed E-state index contributed by atoms with van der Waals surface area (Å²) in [4.78, 5) is 11.5. The zero-order valence-electron chi connectivity index (χ0n) is 9.08. The Labute approximate surface area is 95.0 Å². The third-order valence-corrected chi connectivity index (χ3v) is 3.25. The maximum Gasteiger partial charge on any atom is 0.237 e. The van der Waals surface area contributed by atoms with Crippen molar-refractivity contribution >= 4 is 29.4 Å². The van der Waals surface area contributed by atoms with Crippen LogP contribution in [0, 0.1) is 0 Å². The van der Waals surface area contributed by atoms with Gasteiger partial charge in [-0.2, -0.15) is 23.5 Å². The second-order valence-corrected chi connectivity index (χ2v) is 5.15. The Kier molecular flexibility index (Phi) is 8.52. The van der Waals surface area contributed by atoms with Gasteiger partial charge in [-0.1, -0.05) is 0 Å². The normalized spacial score (nSPS) is 14.9. The van der Waals surface area contributed by atoms with Gasteiger partial charge in [0.1, 0.15) is 0 Å². The summed E-state index contributed by atoms with van der Waals surface area (Å²) >= 11 is 3.43. The summed E-state index contributed by atoms with van der Waals surface area (Å²) < 4.78 is 0. The molecular formula is C9H20N2OS2. The Balaban J connectivity index is 3.71. The molecule has 0 aromatic carbocycles. The largest absolute Gasteiger partial charge is 0.351 e. The highest BCUT2D eigenvalue weighted by Gasteiger charge is 2.14. The first-order valence-corrected chi connectivity index (χ1v) is 7.44. The monoisotopic (exact) mass is 236 g/mol. The van der Waals surface area contributed by atoms with E-state index in [1.165, 1.54) is 0 Å². The number of amides is 1. The van der Waals surface area contributed by atoms with Crippen LogP contribution in [0.4, 0.5) is 0 Å². The summed E-state index contributed by atoms with van der Waals surface area (Å²) in [6.45, 7) is 2.00. The summed E-state index contributed by atoms with van der Waals surface area (Å²) in [6.07, 6.45) is 4.79. The van der Waals surface area contributed by atoms with Gasteiger partial charge in [-0.05, 0) is 31.6 Å². The van der Waals surface area contributed by atoms with Gasteiger partial charge < -0.3 is 11.1 Å². The van der Waals surface area contributed by atoms with E-state index >= 15 is 0 Å². The second kappa shape index (κ2) is 8.44. The molecule has 0 spiro atoms. The molecule has 3 N–H and O–H groups in total. The predicted molar refractivity (Wildman–Crippen MR) is 67.0 cm³/mol. The number of hydrogen-bond donors (Lipinski definition) is 2. The molecule has 0 aliphatic heterocycles. The van der Waals surface area contributed by atoms with Crippen molar-refractivity contribution in [2.45, 2.75) is 25.4 Å². The van der Waals surface area contributed by atoms with Crippen molar-refractivity contribution in [2.24, 2.45) is 5.73 Å². The van der Waals surface area contributed by atoms with Gasteiger partial charge in [0.2, 0.25) is 5.91 Å². The van der Waals surface area contributed by atoms with E-state index in [1.807, 2.05) is 19.4 Å². The highest BCUT2D eigenvalue weighted by atomic mass is 32.2. The molecule has 5 heteroatoms. The Morgan fingerprint density at radius 2 is 2.07 bits per heavy atom. The zero-order chi connectivity index (χ0) is 11.0. The molecule has 14 heavy (non-hydrogen) atoms. The van der Waals surface area contributed by atoms with Crippen molar-refractivity contribution in [2.75, 3.05) is 24.0 Å². The van der Waals surface area contributed by atoms with Gasteiger partial charge in [-0.3, -0.25) is 4.79 Å². The van der Waals surface area contributed by atoms with E-state index in [2.05, 4.69) is 5.32 Å². The molecule has 0 aromatic rings. The van der Waals surface area contributed by atoms with Gasteiger partial charge in [0.25, 0.3) is 0 Å². The molecule has 1 amide bonds. The number of thioether (sulfide) groups is 2. The predicted octanol–water partition coefficient (Wildman–Crippen LogP) is 0.934. The van der Waals surface area contributed by atoms with Crippen LogP contribution < -0.4 is 11.1 Å². The van der Waals surface area contributed by atoms with Crippen LogP contribution in [-0.2, 0) is 4.79 Å². The van der Waals surface area contributed by atoms with Gasteiger partial charge in [0.15, 0.2) is 0 Å². The van der Waals surface area contributed by atoms with E-state index < -0.39 is 0 Å². The Morgan fingerprint density at radius 1 is 1.43 bits per heavy atom. The Hall–Kier alpha value is 0.130. The Morgan fingerprint density at radius 3 is 2.57 bits per heavy atom. The molecule has 3 nitrogen and oxygen atoms in total. The SMILES string of the molecule is CSCC[C@H](N)C(=O)NC(C)CSC. The van der Waals surface area contributed by atoms with Gasteiger partial charge in [-0.15, -0.1) is 0 Å². The third-order valence-electron chi connectivity index (χ3n) is 1.78. The molecule has 0 aliphatic carbocycles. The van der Waals surface area contributed by atoms with Gasteiger partial charge in [0.05, 0.1) is 6.04 Å². The molecule has 0 fully saturated rings. The zero-order valence-corrected chi connectivity index (χ0v) is 10.7.